The van der Waals surface area contributed by atoms with Crippen molar-refractivity contribution in [2.45, 2.75) is 17.9 Å². The summed E-state index contributed by atoms with van der Waals surface area (Å²) in [6.07, 6.45) is 2.16. The van der Waals surface area contributed by atoms with Gasteiger partial charge in [-0.05, 0) is 71.6 Å². The number of carbonyl (C=O) groups excluding carboxylic acids is 2. The van der Waals surface area contributed by atoms with Gasteiger partial charge in [0.25, 0.3) is 11.8 Å². The highest BCUT2D eigenvalue weighted by Gasteiger charge is 2.27. The molecule has 10 nitrogen and oxygen atoms in total. The van der Waals surface area contributed by atoms with Gasteiger partial charge in [0.05, 0.1) is 24.8 Å². The van der Waals surface area contributed by atoms with Crippen molar-refractivity contribution in [3.8, 4) is 11.5 Å². The van der Waals surface area contributed by atoms with Crippen LogP contribution in [0.25, 0.3) is 0 Å². The fourth-order valence-electron chi connectivity index (χ4n) is 4.12. The minimum absolute atomic E-state index is 0.00114. The molecule has 2 amide bonds. The van der Waals surface area contributed by atoms with Gasteiger partial charge in [-0.1, -0.05) is 60.7 Å². The van der Waals surface area contributed by atoms with Crippen LogP contribution in [0.15, 0.2) is 119 Å². The van der Waals surface area contributed by atoms with Gasteiger partial charge in [0.2, 0.25) is 10.0 Å². The Hall–Kier alpha value is -5.00. The lowest BCUT2D eigenvalue weighted by atomic mass is 10.1. The second kappa shape index (κ2) is 16.0. The summed E-state index contributed by atoms with van der Waals surface area (Å²) in [6, 6.07) is 31.7. The molecule has 0 spiro atoms. The molecule has 4 rings (SSSR count). The third-order valence-electron chi connectivity index (χ3n) is 6.45. The van der Waals surface area contributed by atoms with E-state index >= 15 is 0 Å². The lowest BCUT2D eigenvalue weighted by molar-refractivity contribution is -0.123. The van der Waals surface area contributed by atoms with E-state index in [-0.39, 0.29) is 24.0 Å². The Labute approximate surface area is 257 Å². The maximum atomic E-state index is 13.4. The zero-order valence-electron chi connectivity index (χ0n) is 24.3. The number of carbonyl (C=O) groups is 2. The van der Waals surface area contributed by atoms with Crippen LogP contribution >= 0.6 is 0 Å². The second-order valence-electron chi connectivity index (χ2n) is 9.67. The molecule has 0 aromatic heterocycles. The van der Waals surface area contributed by atoms with E-state index in [9.17, 15) is 18.0 Å². The van der Waals surface area contributed by atoms with Gasteiger partial charge in [0, 0.05) is 13.1 Å². The quantitative estimate of drug-likeness (QED) is 0.155. The molecule has 0 saturated carbocycles. The van der Waals surface area contributed by atoms with Gasteiger partial charge in [-0.2, -0.15) is 9.41 Å². The molecule has 4 aromatic carbocycles. The summed E-state index contributed by atoms with van der Waals surface area (Å²) in [5.74, 6) is 0.201. The van der Waals surface area contributed by atoms with Crippen molar-refractivity contribution >= 4 is 28.1 Å². The summed E-state index contributed by atoms with van der Waals surface area (Å²) in [7, 11) is -2.51. The zero-order chi connectivity index (χ0) is 31.2. The van der Waals surface area contributed by atoms with E-state index in [1.165, 1.54) is 25.5 Å². The first-order valence-corrected chi connectivity index (χ1v) is 15.3. The van der Waals surface area contributed by atoms with Crippen molar-refractivity contribution < 1.29 is 27.5 Å². The predicted octanol–water partition coefficient (Wildman–Crippen LogP) is 3.77. The zero-order valence-corrected chi connectivity index (χ0v) is 25.1. The Morgan fingerprint density at radius 3 is 2.05 bits per heavy atom. The first-order chi connectivity index (χ1) is 21.3. The van der Waals surface area contributed by atoms with Crippen LogP contribution in [0.4, 0.5) is 0 Å². The normalized spacial score (nSPS) is 11.3. The maximum absolute atomic E-state index is 13.4. The van der Waals surface area contributed by atoms with Crippen LogP contribution < -0.4 is 20.2 Å². The lowest BCUT2D eigenvalue weighted by Gasteiger charge is -2.21. The fraction of sp³-hybridized carbons (Fsp3) is 0.182. The molecule has 0 aliphatic heterocycles. The maximum Gasteiger partial charge on any atom is 0.257 e. The number of ether oxygens (including phenoxy) is 2. The topological polar surface area (TPSA) is 126 Å². The van der Waals surface area contributed by atoms with Gasteiger partial charge in [0.1, 0.15) is 11.5 Å². The van der Waals surface area contributed by atoms with E-state index in [1.54, 1.807) is 60.7 Å². The number of hydrogen-bond donors (Lipinski definition) is 2. The van der Waals surface area contributed by atoms with Crippen LogP contribution in [0.1, 0.15) is 16.7 Å². The Morgan fingerprint density at radius 1 is 0.795 bits per heavy atom. The summed E-state index contributed by atoms with van der Waals surface area (Å²) < 4.78 is 38.6. The van der Waals surface area contributed by atoms with E-state index < -0.39 is 22.5 Å². The lowest BCUT2D eigenvalue weighted by Crippen LogP contribution is -2.39. The van der Waals surface area contributed by atoms with E-state index in [4.69, 9.17) is 9.47 Å². The first kappa shape index (κ1) is 31.9. The minimum atomic E-state index is -4.01. The Bertz CT molecular complexity index is 1630. The van der Waals surface area contributed by atoms with Crippen LogP contribution in [0.3, 0.4) is 0 Å². The molecule has 0 saturated heterocycles. The highest BCUT2D eigenvalue weighted by molar-refractivity contribution is 7.89. The molecule has 0 fully saturated rings. The van der Waals surface area contributed by atoms with Crippen molar-refractivity contribution in [3.05, 3.63) is 126 Å². The number of hydrazone groups is 1. The largest absolute Gasteiger partial charge is 0.497 e. The molecule has 11 heteroatoms. The molecule has 0 atom stereocenters. The number of rotatable bonds is 15. The van der Waals surface area contributed by atoms with E-state index in [0.29, 0.717) is 23.6 Å². The minimum Gasteiger partial charge on any atom is -0.497 e. The van der Waals surface area contributed by atoms with Gasteiger partial charge in [-0.15, -0.1) is 0 Å². The molecule has 0 radical (unpaired) electrons. The number of sulfonamides is 1. The van der Waals surface area contributed by atoms with E-state index in [2.05, 4.69) is 15.8 Å². The van der Waals surface area contributed by atoms with Crippen molar-refractivity contribution in [1.82, 2.24) is 15.0 Å². The smallest absolute Gasteiger partial charge is 0.257 e. The molecule has 0 bridgehead atoms. The van der Waals surface area contributed by atoms with Crippen molar-refractivity contribution in [3.63, 3.8) is 0 Å². The molecule has 4 aromatic rings. The van der Waals surface area contributed by atoms with Crippen LogP contribution in [0.2, 0.25) is 0 Å². The number of methoxy groups -OCH3 is 1. The molecule has 0 aliphatic carbocycles. The van der Waals surface area contributed by atoms with Crippen molar-refractivity contribution in [2.75, 3.05) is 26.8 Å². The third-order valence-corrected chi connectivity index (χ3v) is 8.26. The number of hydrogen-bond acceptors (Lipinski definition) is 7. The monoisotopic (exact) mass is 614 g/mol. The van der Waals surface area contributed by atoms with Gasteiger partial charge in [-0.25, -0.2) is 13.8 Å². The Morgan fingerprint density at radius 2 is 1.41 bits per heavy atom. The van der Waals surface area contributed by atoms with E-state index in [0.717, 1.165) is 21.9 Å². The molecular weight excluding hydrogens is 580 g/mol. The first-order valence-electron chi connectivity index (χ1n) is 13.9. The number of nitrogens with zero attached hydrogens (tertiary/aromatic N) is 2. The summed E-state index contributed by atoms with van der Waals surface area (Å²) in [5, 5.41) is 6.80. The Kier molecular flexibility index (Phi) is 11.6. The molecule has 44 heavy (non-hydrogen) atoms. The average Bonchev–Trinajstić information content (AvgIpc) is 3.05. The predicted molar refractivity (Wildman–Crippen MR) is 168 cm³/mol. The van der Waals surface area contributed by atoms with Gasteiger partial charge in [0.15, 0.2) is 6.61 Å². The molecule has 228 valence electrons. The third kappa shape index (κ3) is 9.79. The molecular formula is C33H34N4O6S. The van der Waals surface area contributed by atoms with Crippen molar-refractivity contribution in [2.24, 2.45) is 5.10 Å². The highest BCUT2D eigenvalue weighted by Crippen LogP contribution is 2.21. The van der Waals surface area contributed by atoms with Gasteiger partial charge < -0.3 is 14.8 Å². The van der Waals surface area contributed by atoms with Crippen LogP contribution in [-0.4, -0.2) is 57.6 Å². The summed E-state index contributed by atoms with van der Waals surface area (Å²) >= 11 is 0. The number of amides is 2. The Balaban J connectivity index is 1.28. The van der Waals surface area contributed by atoms with Gasteiger partial charge >= 0.3 is 0 Å². The molecule has 0 heterocycles. The second-order valence-corrected chi connectivity index (χ2v) is 11.6. The van der Waals surface area contributed by atoms with Crippen LogP contribution in [-0.2, 0) is 32.6 Å². The van der Waals surface area contributed by atoms with Crippen LogP contribution in [0, 0.1) is 0 Å². The van der Waals surface area contributed by atoms with Crippen LogP contribution in [0.5, 0.6) is 11.5 Å². The number of benzene rings is 4. The molecule has 2 N–H and O–H groups in total. The van der Waals surface area contributed by atoms with Crippen molar-refractivity contribution in [1.29, 1.82) is 0 Å². The molecule has 0 aliphatic rings. The summed E-state index contributed by atoms with van der Waals surface area (Å²) in [4.78, 5) is 24.9. The molecule has 0 unspecified atom stereocenters. The fourth-order valence-corrected chi connectivity index (χ4v) is 5.51. The standard InChI is InChI=1S/C33H34N4O6S/c1-42-29-16-18-31(19-17-29)44(40,41)37(23-28-10-6-3-7-11-28)24-32(38)36-35-22-27-12-14-30(15-13-27)43-25-33(39)34-21-20-26-8-4-2-5-9-26/h2-19,22H,20-21,23-25H2,1H3,(H,34,39)(H,36,38)/b35-22+. The summed E-state index contributed by atoms with van der Waals surface area (Å²) in [5.41, 5.74) is 4.93. The SMILES string of the molecule is COc1ccc(S(=O)(=O)N(CC(=O)N/N=C/c2ccc(OCC(=O)NCCc3ccccc3)cc2)Cc2ccccc2)cc1. The highest BCUT2D eigenvalue weighted by atomic mass is 32.2. The summed E-state index contributed by atoms with van der Waals surface area (Å²) in [6.45, 7) is -0.0401. The number of nitrogens with one attached hydrogen (secondary N) is 2. The van der Waals surface area contributed by atoms with E-state index in [1.807, 2.05) is 36.4 Å². The van der Waals surface area contributed by atoms with Gasteiger partial charge in [-0.3, -0.25) is 9.59 Å². The average molecular weight is 615 g/mol.